The van der Waals surface area contributed by atoms with Crippen molar-refractivity contribution < 1.29 is 42.5 Å². The smallest absolute Gasteiger partial charge is 0.744 e. The van der Waals surface area contributed by atoms with E-state index in [0.717, 1.165) is 10.3 Å². The van der Waals surface area contributed by atoms with Gasteiger partial charge in [-0.25, -0.2) is 8.42 Å². The van der Waals surface area contributed by atoms with E-state index in [4.69, 9.17) is 0 Å². The van der Waals surface area contributed by atoms with Crippen molar-refractivity contribution in [2.75, 3.05) is 0 Å². The van der Waals surface area contributed by atoms with E-state index in [1.165, 1.54) is 12.1 Å². The van der Waals surface area contributed by atoms with E-state index >= 15 is 0 Å². The second-order valence-electron chi connectivity index (χ2n) is 2.57. The average molecular weight is 253 g/mol. The molecule has 0 atom stereocenters. The molecule has 1 heterocycles. The Hall–Kier alpha value is -0.120. The molecule has 0 N–H and O–H groups in total. The molecule has 0 amide bonds. The Morgan fingerprint density at radius 2 is 1.87 bits per heavy atom. The summed E-state index contributed by atoms with van der Waals surface area (Å²) >= 11 is 3.82. The van der Waals surface area contributed by atoms with Gasteiger partial charge in [0.25, 0.3) is 0 Å². The molecule has 6 nitrogen and oxygen atoms in total. The molecule has 0 unspecified atom stereocenters. The SMILES string of the molecule is O=S(=O)([O-])c1ccc2nn(S)nc2c1.[Na+]. The maximum atomic E-state index is 10.7. The Morgan fingerprint density at radius 1 is 1.27 bits per heavy atom. The molecule has 0 fully saturated rings. The van der Waals surface area contributed by atoms with Gasteiger partial charge in [0, 0.05) is 0 Å². The summed E-state index contributed by atoms with van der Waals surface area (Å²) in [7, 11) is -4.44. The molecule has 0 aliphatic rings. The molecular weight excluding hydrogens is 249 g/mol. The van der Waals surface area contributed by atoms with Crippen molar-refractivity contribution in [2.45, 2.75) is 4.90 Å². The predicted octanol–water partition coefficient (Wildman–Crippen LogP) is -2.97. The van der Waals surface area contributed by atoms with Gasteiger partial charge < -0.3 is 4.55 Å². The predicted molar refractivity (Wildman–Crippen MR) is 49.9 cm³/mol. The number of hydrogen-bond acceptors (Lipinski definition) is 6. The Balaban J connectivity index is 0.00000112. The van der Waals surface area contributed by atoms with E-state index in [1.54, 1.807) is 0 Å². The zero-order valence-corrected chi connectivity index (χ0v) is 11.4. The topological polar surface area (TPSA) is 87.9 Å². The van der Waals surface area contributed by atoms with E-state index in [2.05, 4.69) is 23.0 Å². The average Bonchev–Trinajstić information content (AvgIpc) is 2.41. The van der Waals surface area contributed by atoms with Gasteiger partial charge in [0.2, 0.25) is 0 Å². The zero-order valence-electron chi connectivity index (χ0n) is 7.65. The molecule has 0 saturated carbocycles. The van der Waals surface area contributed by atoms with Crippen LogP contribution < -0.4 is 29.6 Å². The van der Waals surface area contributed by atoms with E-state index in [9.17, 15) is 13.0 Å². The molecule has 0 saturated heterocycles. The summed E-state index contributed by atoms with van der Waals surface area (Å²) in [5.41, 5.74) is 0.796. The van der Waals surface area contributed by atoms with Crippen LogP contribution in [-0.2, 0) is 10.1 Å². The number of fused-ring (bicyclic) bond motifs is 1. The van der Waals surface area contributed by atoms with Crippen LogP contribution in [0.15, 0.2) is 23.1 Å². The molecule has 0 radical (unpaired) electrons. The van der Waals surface area contributed by atoms with Crippen LogP contribution in [0.25, 0.3) is 11.0 Å². The first-order valence-corrected chi connectivity index (χ1v) is 5.30. The molecule has 0 aliphatic carbocycles. The Bertz CT molecular complexity index is 595. The van der Waals surface area contributed by atoms with E-state index in [1.807, 2.05) is 0 Å². The molecule has 9 heteroatoms. The summed E-state index contributed by atoms with van der Waals surface area (Å²) < 4.78 is 33.0. The third-order valence-corrected chi connectivity index (χ3v) is 2.64. The Kier molecular flexibility index (Phi) is 3.80. The molecule has 2 rings (SSSR count). The third-order valence-electron chi connectivity index (χ3n) is 1.63. The summed E-state index contributed by atoms with van der Waals surface area (Å²) in [6.45, 7) is 0. The summed E-state index contributed by atoms with van der Waals surface area (Å²) in [6, 6.07) is 3.75. The van der Waals surface area contributed by atoms with Crippen molar-refractivity contribution in [1.29, 1.82) is 0 Å². The van der Waals surface area contributed by atoms with Gasteiger partial charge in [-0.05, 0) is 31.0 Å². The molecule has 15 heavy (non-hydrogen) atoms. The van der Waals surface area contributed by atoms with Crippen molar-refractivity contribution in [1.82, 2.24) is 14.4 Å². The molecule has 0 aliphatic heterocycles. The first-order chi connectivity index (χ1) is 6.47. The van der Waals surface area contributed by atoms with Crippen molar-refractivity contribution >= 4 is 34.0 Å². The van der Waals surface area contributed by atoms with Crippen LogP contribution in [0.4, 0.5) is 0 Å². The van der Waals surface area contributed by atoms with Crippen LogP contribution in [0, 0.1) is 0 Å². The number of nitrogens with zero attached hydrogens (tertiary/aromatic N) is 3. The second-order valence-corrected chi connectivity index (χ2v) is 4.31. The number of rotatable bonds is 1. The normalized spacial score (nSPS) is 11.3. The van der Waals surface area contributed by atoms with Crippen LogP contribution >= 0.6 is 12.8 Å². The molecule has 0 bridgehead atoms. The summed E-state index contributed by atoms with van der Waals surface area (Å²) in [4.78, 5) is -0.321. The van der Waals surface area contributed by atoms with E-state index in [0.29, 0.717) is 11.0 Å². The van der Waals surface area contributed by atoms with Crippen molar-refractivity contribution in [3.63, 3.8) is 0 Å². The fraction of sp³-hybridized carbons (Fsp3) is 0. The second kappa shape index (κ2) is 4.40. The van der Waals surface area contributed by atoms with Gasteiger partial charge >= 0.3 is 29.6 Å². The molecular formula is C6H4N3NaO3S2. The van der Waals surface area contributed by atoms with Crippen molar-refractivity contribution in [3.05, 3.63) is 18.2 Å². The Labute approximate surface area is 113 Å². The number of hydrogen-bond donors (Lipinski definition) is 1. The zero-order chi connectivity index (χ0) is 10.3. The van der Waals surface area contributed by atoms with Crippen LogP contribution in [0.2, 0.25) is 0 Å². The first kappa shape index (κ1) is 12.9. The summed E-state index contributed by atoms with van der Waals surface area (Å²) in [5, 5.41) is 7.56. The maximum absolute atomic E-state index is 10.7. The number of benzene rings is 1. The van der Waals surface area contributed by atoms with Gasteiger partial charge in [-0.3, -0.25) is 0 Å². The first-order valence-electron chi connectivity index (χ1n) is 3.49. The van der Waals surface area contributed by atoms with Gasteiger partial charge in [0.05, 0.1) is 4.90 Å². The van der Waals surface area contributed by atoms with Crippen LogP contribution in [0.1, 0.15) is 0 Å². The van der Waals surface area contributed by atoms with Crippen molar-refractivity contribution in [2.24, 2.45) is 0 Å². The molecule has 74 valence electrons. The summed E-state index contributed by atoms with van der Waals surface area (Å²) in [6.07, 6.45) is 0. The van der Waals surface area contributed by atoms with Gasteiger partial charge in [-0.2, -0.15) is 0 Å². The quantitative estimate of drug-likeness (QED) is 0.333. The minimum Gasteiger partial charge on any atom is -0.744 e. The number of thiol groups is 1. The maximum Gasteiger partial charge on any atom is 1.00 e. The van der Waals surface area contributed by atoms with Gasteiger partial charge in [-0.1, -0.05) is 0 Å². The van der Waals surface area contributed by atoms with Gasteiger partial charge in [0.15, 0.2) is 0 Å². The van der Waals surface area contributed by atoms with Gasteiger partial charge in [0.1, 0.15) is 21.2 Å². The minimum atomic E-state index is -4.44. The monoisotopic (exact) mass is 253 g/mol. The minimum absolute atomic E-state index is 0. The van der Waals surface area contributed by atoms with Crippen molar-refractivity contribution in [3.8, 4) is 0 Å². The fourth-order valence-corrected chi connectivity index (χ4v) is 1.72. The summed E-state index contributed by atoms with van der Waals surface area (Å²) in [5.74, 6) is 0. The Morgan fingerprint density at radius 3 is 2.47 bits per heavy atom. The fourth-order valence-electron chi connectivity index (χ4n) is 1.04. The largest absolute Gasteiger partial charge is 1.00 e. The molecule has 1 aromatic carbocycles. The van der Waals surface area contributed by atoms with E-state index in [-0.39, 0.29) is 34.5 Å². The van der Waals surface area contributed by atoms with Crippen LogP contribution in [0.5, 0.6) is 0 Å². The molecule has 0 spiro atoms. The third kappa shape index (κ3) is 2.71. The molecule has 1 aromatic heterocycles. The standard InChI is InChI=1S/C6H5N3O3S2.Na/c10-14(11,12)4-1-2-5-6(3-4)8-9(13)7-5;/h1-3,13H,(H,10,11,12);/q;+1/p-1. The molecule has 2 aromatic rings. The van der Waals surface area contributed by atoms with Crippen LogP contribution in [0.3, 0.4) is 0 Å². The van der Waals surface area contributed by atoms with E-state index < -0.39 is 10.1 Å². The van der Waals surface area contributed by atoms with Gasteiger partial charge in [-0.15, -0.1) is 14.4 Å². The number of aromatic nitrogens is 3. The van der Waals surface area contributed by atoms with Crippen LogP contribution in [-0.4, -0.2) is 27.4 Å².